The molecule has 0 radical (unpaired) electrons. The van der Waals surface area contributed by atoms with Crippen LogP contribution < -0.4 is 31.9 Å². The summed E-state index contributed by atoms with van der Waals surface area (Å²) in [7, 11) is 0. The summed E-state index contributed by atoms with van der Waals surface area (Å²) in [5.41, 5.74) is 0.144. The first-order valence-corrected chi connectivity index (χ1v) is 17.9. The molecule has 0 bridgehead atoms. The molecule has 280 valence electrons. The Morgan fingerprint density at radius 1 is 0.680 bits per heavy atom. The average Bonchev–Trinajstić information content (AvgIpc) is 3.00. The Hall–Kier alpha value is -4.16. The van der Waals surface area contributed by atoms with Crippen LogP contribution in [0.4, 0.5) is 4.79 Å². The second-order valence-corrected chi connectivity index (χ2v) is 15.3. The van der Waals surface area contributed by atoms with E-state index in [4.69, 9.17) is 4.74 Å². The van der Waals surface area contributed by atoms with E-state index < -0.39 is 71.4 Å². The smallest absolute Gasteiger partial charge is 0.407 e. The molecule has 0 spiro atoms. The van der Waals surface area contributed by atoms with Crippen molar-refractivity contribution in [3.05, 3.63) is 35.9 Å². The molecule has 0 aliphatic carbocycles. The Morgan fingerprint density at radius 2 is 1.16 bits per heavy atom. The fraction of sp³-hybridized carbons (Fsp3) is 0.676. The van der Waals surface area contributed by atoms with Gasteiger partial charge in [0.25, 0.3) is 0 Å². The number of hydrogen-bond donors (Lipinski definition) is 6. The number of hydrogen-bond acceptors (Lipinski definition) is 7. The van der Waals surface area contributed by atoms with Crippen LogP contribution in [0.15, 0.2) is 30.3 Å². The van der Waals surface area contributed by atoms with E-state index >= 15 is 0 Å². The van der Waals surface area contributed by atoms with E-state index in [0.717, 1.165) is 5.56 Å². The molecule has 13 nitrogen and oxygen atoms in total. The van der Waals surface area contributed by atoms with Gasteiger partial charge in [-0.1, -0.05) is 71.9 Å². The van der Waals surface area contributed by atoms with Gasteiger partial charge in [-0.3, -0.25) is 24.0 Å². The van der Waals surface area contributed by atoms with Crippen LogP contribution >= 0.6 is 0 Å². The normalized spacial score (nSPS) is 22.9. The van der Waals surface area contributed by atoms with E-state index in [1.165, 1.54) is 0 Å². The summed E-state index contributed by atoms with van der Waals surface area (Å²) in [5, 5.41) is 16.9. The molecule has 1 aromatic carbocycles. The van der Waals surface area contributed by atoms with E-state index in [-0.39, 0.29) is 43.6 Å². The molecule has 1 heterocycles. The van der Waals surface area contributed by atoms with Crippen molar-refractivity contribution in [2.75, 3.05) is 6.54 Å². The summed E-state index contributed by atoms with van der Waals surface area (Å²) >= 11 is 0. The first kappa shape index (κ1) is 42.0. The Bertz CT molecular complexity index is 1290. The molecule has 1 saturated heterocycles. The fourth-order valence-electron chi connectivity index (χ4n) is 5.58. The Labute approximate surface area is 297 Å². The second-order valence-electron chi connectivity index (χ2n) is 15.3. The van der Waals surface area contributed by atoms with Gasteiger partial charge in [-0.05, 0) is 76.2 Å². The van der Waals surface area contributed by atoms with Crippen molar-refractivity contribution in [3.63, 3.8) is 0 Å². The maximum absolute atomic E-state index is 14.0. The van der Waals surface area contributed by atoms with Crippen LogP contribution in [0.1, 0.15) is 100.0 Å². The summed E-state index contributed by atoms with van der Waals surface area (Å²) in [4.78, 5) is 81.1. The first-order valence-electron chi connectivity index (χ1n) is 17.9. The van der Waals surface area contributed by atoms with E-state index in [2.05, 4.69) is 31.9 Å². The maximum Gasteiger partial charge on any atom is 0.407 e. The van der Waals surface area contributed by atoms with Gasteiger partial charge in [0.1, 0.15) is 35.8 Å². The predicted octanol–water partition coefficient (Wildman–Crippen LogP) is 3.11. The number of amides is 6. The van der Waals surface area contributed by atoms with Gasteiger partial charge in [0.15, 0.2) is 0 Å². The van der Waals surface area contributed by atoms with Crippen LogP contribution in [0.5, 0.6) is 0 Å². The van der Waals surface area contributed by atoms with Gasteiger partial charge < -0.3 is 36.6 Å². The van der Waals surface area contributed by atoms with Gasteiger partial charge >= 0.3 is 6.09 Å². The number of carbonyl (C=O) groups is 6. The molecule has 1 aliphatic heterocycles. The molecule has 6 amide bonds. The number of benzene rings is 1. The molecule has 1 fully saturated rings. The quantitative estimate of drug-likeness (QED) is 0.181. The molecule has 0 unspecified atom stereocenters. The lowest BCUT2D eigenvalue weighted by molar-refractivity contribution is -0.135. The summed E-state index contributed by atoms with van der Waals surface area (Å²) < 4.78 is 5.28. The topological polar surface area (TPSA) is 184 Å². The molecule has 0 aromatic heterocycles. The standard InChI is InChI=1S/C37H60N6O7/c1-22(2)19-27-32(45)39-26(17-13-14-18-38-36(49)50-37(7,8)9)31(44)41-29(21-25-15-11-10-12-16-25)33(46)40-28(20-23(3)4)34(47)43-30(24(5)6)35(48)42-27/h10-12,15-16,22-24,26-30H,13-14,17-21H2,1-9H3,(H,38,49)(H,39,45)(H,40,46)(H,41,44)(H,42,48)(H,43,47)/t26-,27-,28-,29-,30+/m0/s1. The third kappa shape index (κ3) is 15.2. The lowest BCUT2D eigenvalue weighted by atomic mass is 9.98. The highest BCUT2D eigenvalue weighted by Crippen LogP contribution is 2.14. The lowest BCUT2D eigenvalue weighted by Crippen LogP contribution is -2.59. The van der Waals surface area contributed by atoms with Crippen molar-refractivity contribution in [3.8, 4) is 0 Å². The fourth-order valence-corrected chi connectivity index (χ4v) is 5.58. The van der Waals surface area contributed by atoms with Gasteiger partial charge in [0.2, 0.25) is 29.5 Å². The summed E-state index contributed by atoms with van der Waals surface area (Å²) in [6, 6.07) is 4.12. The number of ether oxygens (including phenoxy) is 1. The van der Waals surface area contributed by atoms with E-state index in [1.807, 2.05) is 58.0 Å². The van der Waals surface area contributed by atoms with Crippen LogP contribution in [-0.2, 0) is 35.1 Å². The third-order valence-corrected chi connectivity index (χ3v) is 8.06. The summed E-state index contributed by atoms with van der Waals surface area (Å²) in [5.74, 6) is -3.05. The Morgan fingerprint density at radius 3 is 1.70 bits per heavy atom. The summed E-state index contributed by atoms with van der Waals surface area (Å²) in [6.07, 6.45) is 1.29. The minimum absolute atomic E-state index is 0.0129. The average molecular weight is 701 g/mol. The molecule has 1 aliphatic rings. The zero-order chi connectivity index (χ0) is 37.6. The van der Waals surface area contributed by atoms with Crippen molar-refractivity contribution in [1.82, 2.24) is 31.9 Å². The number of unbranched alkanes of at least 4 members (excludes halogenated alkanes) is 1. The van der Waals surface area contributed by atoms with Crippen LogP contribution in [0.25, 0.3) is 0 Å². The van der Waals surface area contributed by atoms with Crippen molar-refractivity contribution < 1.29 is 33.5 Å². The van der Waals surface area contributed by atoms with E-state index in [1.54, 1.807) is 34.6 Å². The van der Waals surface area contributed by atoms with Gasteiger partial charge in [-0.2, -0.15) is 0 Å². The van der Waals surface area contributed by atoms with Crippen molar-refractivity contribution in [2.45, 2.75) is 137 Å². The van der Waals surface area contributed by atoms with Crippen LogP contribution in [0, 0.1) is 17.8 Å². The molecule has 0 saturated carbocycles. The zero-order valence-electron chi connectivity index (χ0n) is 31.3. The van der Waals surface area contributed by atoms with Gasteiger partial charge in [0, 0.05) is 13.0 Å². The number of rotatable bonds is 12. The van der Waals surface area contributed by atoms with Crippen LogP contribution in [-0.4, -0.2) is 78.0 Å². The Kier molecular flexibility index (Phi) is 16.7. The van der Waals surface area contributed by atoms with E-state index in [9.17, 15) is 28.8 Å². The molecular formula is C37H60N6O7. The van der Waals surface area contributed by atoms with Gasteiger partial charge in [-0.25, -0.2) is 4.79 Å². The highest BCUT2D eigenvalue weighted by molar-refractivity contribution is 5.98. The minimum Gasteiger partial charge on any atom is -0.444 e. The van der Waals surface area contributed by atoms with Crippen molar-refractivity contribution in [1.29, 1.82) is 0 Å². The van der Waals surface area contributed by atoms with Gasteiger partial charge in [-0.15, -0.1) is 0 Å². The Balaban J connectivity index is 2.48. The minimum atomic E-state index is -1.07. The number of carbonyl (C=O) groups excluding carboxylic acids is 6. The molecule has 5 atom stereocenters. The van der Waals surface area contributed by atoms with Crippen LogP contribution in [0.2, 0.25) is 0 Å². The van der Waals surface area contributed by atoms with Gasteiger partial charge in [0.05, 0.1) is 0 Å². The monoisotopic (exact) mass is 700 g/mol. The molecule has 6 N–H and O–H groups in total. The highest BCUT2D eigenvalue weighted by atomic mass is 16.6. The largest absolute Gasteiger partial charge is 0.444 e. The maximum atomic E-state index is 14.0. The number of alkyl carbamates (subject to hydrolysis) is 1. The molecule has 13 heteroatoms. The SMILES string of the molecule is CC(C)C[C@@H]1NC(=O)[C@H](Cc2ccccc2)NC(=O)[C@H](CCCCNC(=O)OC(C)(C)C)NC(=O)[C@H](CC(C)C)NC(=O)[C@@H](C(C)C)NC1=O. The zero-order valence-corrected chi connectivity index (χ0v) is 31.3. The third-order valence-electron chi connectivity index (χ3n) is 8.06. The van der Waals surface area contributed by atoms with Crippen molar-refractivity contribution in [2.24, 2.45) is 17.8 Å². The molecule has 1 aromatic rings. The predicted molar refractivity (Wildman–Crippen MR) is 192 cm³/mol. The number of nitrogens with one attached hydrogen (secondary N) is 6. The van der Waals surface area contributed by atoms with E-state index in [0.29, 0.717) is 19.3 Å². The summed E-state index contributed by atoms with van der Waals surface area (Å²) in [6.45, 7) is 16.9. The second kappa shape index (κ2) is 19.9. The highest BCUT2D eigenvalue weighted by Gasteiger charge is 2.35. The lowest BCUT2D eigenvalue weighted by Gasteiger charge is -2.28. The first-order chi connectivity index (χ1) is 23.4. The molecular weight excluding hydrogens is 640 g/mol. The molecule has 50 heavy (non-hydrogen) atoms. The van der Waals surface area contributed by atoms with Crippen molar-refractivity contribution >= 4 is 35.6 Å². The van der Waals surface area contributed by atoms with Crippen LogP contribution in [0.3, 0.4) is 0 Å². The molecule has 2 rings (SSSR count).